The summed E-state index contributed by atoms with van der Waals surface area (Å²) in [6.07, 6.45) is -4.13. The predicted octanol–water partition coefficient (Wildman–Crippen LogP) is 3.00. The monoisotopic (exact) mass is 422 g/mol. The zero-order valence-electron chi connectivity index (χ0n) is 16.0. The van der Waals surface area contributed by atoms with Crippen LogP contribution < -0.4 is 15.0 Å². The van der Waals surface area contributed by atoms with Gasteiger partial charge in [-0.25, -0.2) is 0 Å². The summed E-state index contributed by atoms with van der Waals surface area (Å²) in [5.74, 6) is -0.160. The molecule has 6 nitrogen and oxygen atoms in total. The Bertz CT molecular complexity index is 883. The number of hydrogen-bond donors (Lipinski definition) is 2. The van der Waals surface area contributed by atoms with E-state index in [1.54, 1.807) is 29.2 Å². The summed E-state index contributed by atoms with van der Waals surface area (Å²) in [4.78, 5) is 25.6. The van der Waals surface area contributed by atoms with Crippen LogP contribution in [0.5, 0.6) is 5.75 Å². The van der Waals surface area contributed by atoms with E-state index in [-0.39, 0.29) is 24.8 Å². The molecule has 1 unspecified atom stereocenters. The average molecular weight is 422 g/mol. The summed E-state index contributed by atoms with van der Waals surface area (Å²) in [6, 6.07) is 10.7. The minimum absolute atomic E-state index is 0.0587. The Balaban J connectivity index is 1.44. The number of nitrogens with one attached hydrogen (secondary N) is 1. The largest absolute Gasteiger partial charge is 0.491 e. The molecule has 30 heavy (non-hydrogen) atoms. The summed E-state index contributed by atoms with van der Waals surface area (Å²) >= 11 is 0. The molecule has 0 aliphatic carbocycles. The molecule has 0 bridgehead atoms. The zero-order valence-corrected chi connectivity index (χ0v) is 16.0. The first-order valence-electron chi connectivity index (χ1n) is 9.41. The number of nitrogens with zero attached hydrogens (tertiary/aromatic N) is 1. The summed E-state index contributed by atoms with van der Waals surface area (Å²) in [5, 5.41) is 12.5. The second-order valence-electron chi connectivity index (χ2n) is 6.89. The number of carbonyl (C=O) groups is 2. The van der Waals surface area contributed by atoms with Crippen molar-refractivity contribution in [3.8, 4) is 5.75 Å². The van der Waals surface area contributed by atoms with Crippen molar-refractivity contribution in [2.24, 2.45) is 0 Å². The minimum atomic E-state index is -4.43. The van der Waals surface area contributed by atoms with Gasteiger partial charge in [-0.2, -0.15) is 13.2 Å². The molecule has 1 aliphatic rings. The topological polar surface area (TPSA) is 78.9 Å². The van der Waals surface area contributed by atoms with E-state index in [0.29, 0.717) is 18.5 Å². The van der Waals surface area contributed by atoms with Gasteiger partial charge < -0.3 is 20.1 Å². The first-order chi connectivity index (χ1) is 14.2. The van der Waals surface area contributed by atoms with Crippen LogP contribution in [-0.2, 0) is 11.0 Å². The fourth-order valence-electron chi connectivity index (χ4n) is 3.02. The van der Waals surface area contributed by atoms with Gasteiger partial charge in [0, 0.05) is 30.8 Å². The Morgan fingerprint density at radius 1 is 1.13 bits per heavy atom. The van der Waals surface area contributed by atoms with Crippen LogP contribution in [0.3, 0.4) is 0 Å². The smallest absolute Gasteiger partial charge is 0.416 e. The highest BCUT2D eigenvalue weighted by Crippen LogP contribution is 2.30. The number of benzene rings is 2. The highest BCUT2D eigenvalue weighted by molar-refractivity contribution is 5.97. The van der Waals surface area contributed by atoms with Gasteiger partial charge in [0.2, 0.25) is 5.91 Å². The van der Waals surface area contributed by atoms with Gasteiger partial charge in [0.05, 0.1) is 5.56 Å². The number of aliphatic hydroxyl groups excluding tert-OH is 1. The maximum absolute atomic E-state index is 12.5. The zero-order chi connectivity index (χ0) is 21.7. The molecule has 160 valence electrons. The second-order valence-corrected chi connectivity index (χ2v) is 6.89. The molecule has 2 N–H and O–H groups in total. The van der Waals surface area contributed by atoms with E-state index in [4.69, 9.17) is 4.74 Å². The summed E-state index contributed by atoms with van der Waals surface area (Å²) in [6.45, 7) is 0.378. The second kappa shape index (κ2) is 9.17. The number of amides is 2. The predicted molar refractivity (Wildman–Crippen MR) is 103 cm³/mol. The van der Waals surface area contributed by atoms with E-state index in [2.05, 4.69) is 5.32 Å². The van der Waals surface area contributed by atoms with Gasteiger partial charge in [-0.1, -0.05) is 0 Å². The van der Waals surface area contributed by atoms with Crippen LogP contribution in [0.2, 0.25) is 0 Å². The molecular formula is C21H21F3N2O4. The van der Waals surface area contributed by atoms with Crippen molar-refractivity contribution < 1.29 is 32.6 Å². The van der Waals surface area contributed by atoms with Crippen molar-refractivity contribution >= 4 is 17.5 Å². The van der Waals surface area contributed by atoms with Gasteiger partial charge in [0.15, 0.2) is 0 Å². The van der Waals surface area contributed by atoms with Crippen LogP contribution in [0, 0.1) is 0 Å². The first kappa shape index (κ1) is 21.6. The Morgan fingerprint density at radius 2 is 1.80 bits per heavy atom. The van der Waals surface area contributed by atoms with Crippen LogP contribution in [-0.4, -0.2) is 42.7 Å². The van der Waals surface area contributed by atoms with Crippen LogP contribution in [0.4, 0.5) is 18.9 Å². The van der Waals surface area contributed by atoms with E-state index in [0.717, 1.165) is 24.2 Å². The van der Waals surface area contributed by atoms with Gasteiger partial charge >= 0.3 is 6.18 Å². The molecule has 1 fully saturated rings. The number of rotatable bonds is 7. The van der Waals surface area contributed by atoms with Crippen LogP contribution in [0.25, 0.3) is 0 Å². The van der Waals surface area contributed by atoms with Crippen LogP contribution >= 0.6 is 0 Å². The molecule has 0 saturated carbocycles. The molecule has 3 rings (SSSR count). The van der Waals surface area contributed by atoms with Crippen molar-refractivity contribution in [3.05, 3.63) is 59.7 Å². The van der Waals surface area contributed by atoms with Gasteiger partial charge in [-0.15, -0.1) is 0 Å². The van der Waals surface area contributed by atoms with E-state index in [1.165, 1.54) is 12.1 Å². The van der Waals surface area contributed by atoms with Crippen molar-refractivity contribution in [2.45, 2.75) is 25.1 Å². The Morgan fingerprint density at radius 3 is 2.37 bits per heavy atom. The number of anilines is 1. The number of halogens is 3. The molecule has 1 saturated heterocycles. The first-order valence-corrected chi connectivity index (χ1v) is 9.41. The molecule has 1 atom stereocenters. The molecule has 2 aromatic rings. The molecule has 9 heteroatoms. The maximum Gasteiger partial charge on any atom is 0.416 e. The van der Waals surface area contributed by atoms with Gasteiger partial charge in [-0.3, -0.25) is 9.59 Å². The van der Waals surface area contributed by atoms with E-state index in [9.17, 15) is 27.9 Å². The Kier molecular flexibility index (Phi) is 6.61. The summed E-state index contributed by atoms with van der Waals surface area (Å²) in [5.41, 5.74) is 0.322. The summed E-state index contributed by atoms with van der Waals surface area (Å²) < 4.78 is 42.8. The number of aliphatic hydroxyl groups is 1. The van der Waals surface area contributed by atoms with Crippen LogP contribution in [0.1, 0.15) is 28.8 Å². The third-order valence-electron chi connectivity index (χ3n) is 4.64. The van der Waals surface area contributed by atoms with Crippen molar-refractivity contribution in [1.29, 1.82) is 0 Å². The summed E-state index contributed by atoms with van der Waals surface area (Å²) in [7, 11) is 0. The Labute approximate surface area is 171 Å². The lowest BCUT2D eigenvalue weighted by Gasteiger charge is -2.16. The van der Waals surface area contributed by atoms with E-state index >= 15 is 0 Å². The Hall–Kier alpha value is -3.07. The molecule has 2 aromatic carbocycles. The number of carbonyl (C=O) groups excluding carboxylic acids is 2. The van der Waals surface area contributed by atoms with Crippen molar-refractivity contribution in [1.82, 2.24) is 5.32 Å². The molecule has 0 spiro atoms. The molecule has 0 aromatic heterocycles. The highest BCUT2D eigenvalue weighted by atomic mass is 19.4. The quantitative estimate of drug-likeness (QED) is 0.719. The fourth-order valence-corrected chi connectivity index (χ4v) is 3.02. The minimum Gasteiger partial charge on any atom is -0.491 e. The van der Waals surface area contributed by atoms with Gasteiger partial charge in [0.25, 0.3) is 5.91 Å². The number of hydrogen-bond acceptors (Lipinski definition) is 4. The SMILES string of the molecule is O=C(NCC(O)COc1ccc(C(F)(F)F)cc1)c1ccc(N2CCCC2=O)cc1. The third-order valence-corrected chi connectivity index (χ3v) is 4.64. The molecule has 1 aliphatic heterocycles. The normalized spacial score (nSPS) is 15.2. The molecule has 2 amide bonds. The van der Waals surface area contributed by atoms with Gasteiger partial charge in [-0.05, 0) is 55.0 Å². The lowest BCUT2D eigenvalue weighted by atomic mass is 10.2. The van der Waals surface area contributed by atoms with Gasteiger partial charge in [0.1, 0.15) is 18.5 Å². The van der Waals surface area contributed by atoms with Crippen molar-refractivity contribution in [3.63, 3.8) is 0 Å². The molecule has 1 heterocycles. The van der Waals surface area contributed by atoms with E-state index < -0.39 is 23.8 Å². The fraction of sp³-hybridized carbons (Fsp3) is 0.333. The van der Waals surface area contributed by atoms with Crippen molar-refractivity contribution in [2.75, 3.05) is 24.6 Å². The average Bonchev–Trinajstić information content (AvgIpc) is 3.16. The molecule has 0 radical (unpaired) electrons. The standard InChI is InChI=1S/C21H21F3N2O4/c22-21(23,24)15-5-9-18(10-6-15)30-13-17(27)12-25-20(29)14-3-7-16(8-4-14)26-11-1-2-19(26)28/h3-10,17,27H,1-2,11-13H2,(H,25,29). The molecular weight excluding hydrogens is 401 g/mol. The number of alkyl halides is 3. The lowest BCUT2D eigenvalue weighted by Crippen LogP contribution is -2.35. The van der Waals surface area contributed by atoms with Crippen LogP contribution in [0.15, 0.2) is 48.5 Å². The van der Waals surface area contributed by atoms with E-state index in [1.807, 2.05) is 0 Å². The number of ether oxygens (including phenoxy) is 1. The maximum atomic E-state index is 12.5. The highest BCUT2D eigenvalue weighted by Gasteiger charge is 2.30. The lowest BCUT2D eigenvalue weighted by molar-refractivity contribution is -0.137. The third kappa shape index (κ3) is 5.50.